The smallest absolute Gasteiger partial charge is 0.291 e. The molecule has 0 bridgehead atoms. The molecule has 0 unspecified atom stereocenters. The van der Waals surface area contributed by atoms with Gasteiger partial charge >= 0.3 is 0 Å². The fourth-order valence-corrected chi connectivity index (χ4v) is 2.13. The predicted molar refractivity (Wildman–Crippen MR) is 71.8 cm³/mol. The number of furan rings is 1. The van der Waals surface area contributed by atoms with Gasteiger partial charge in [0.1, 0.15) is 11.8 Å². The average molecular weight is 248 g/mol. The Balaban J connectivity index is 1.95. The average Bonchev–Trinajstić information content (AvgIpc) is 2.76. The number of rotatable bonds is 6. The lowest BCUT2D eigenvalue weighted by atomic mass is 10.2. The molecule has 0 radical (unpaired) electrons. The van der Waals surface area contributed by atoms with Crippen LogP contribution < -0.4 is 0 Å². The number of hydrogen-bond donors (Lipinski definition) is 1. The standard InChI is InChI=1S/C14H20N2O2/c1-3-16(4-2)9-5-6-11-7-8-12-13(15-11)10-18-14(12)17/h7-8,10,17H,3-6,9H2,1-2H3. The van der Waals surface area contributed by atoms with E-state index < -0.39 is 0 Å². The van der Waals surface area contributed by atoms with Crippen LogP contribution in [0.15, 0.2) is 22.8 Å². The van der Waals surface area contributed by atoms with Crippen LogP contribution in [0.1, 0.15) is 26.0 Å². The Morgan fingerprint density at radius 2 is 2.06 bits per heavy atom. The quantitative estimate of drug-likeness (QED) is 0.854. The zero-order valence-electron chi connectivity index (χ0n) is 11.0. The van der Waals surface area contributed by atoms with Crippen molar-refractivity contribution in [3.05, 3.63) is 24.1 Å². The molecule has 4 heteroatoms. The lowest BCUT2D eigenvalue weighted by molar-refractivity contribution is 0.299. The molecule has 0 amide bonds. The Morgan fingerprint density at radius 3 is 2.78 bits per heavy atom. The fourth-order valence-electron chi connectivity index (χ4n) is 2.13. The van der Waals surface area contributed by atoms with Gasteiger partial charge in [-0.15, -0.1) is 0 Å². The zero-order valence-corrected chi connectivity index (χ0v) is 11.0. The SMILES string of the molecule is CCN(CC)CCCc1ccc2c(O)occ2n1. The van der Waals surface area contributed by atoms with Gasteiger partial charge in [-0.1, -0.05) is 13.8 Å². The molecule has 2 rings (SSSR count). The second-order valence-electron chi connectivity index (χ2n) is 4.41. The van der Waals surface area contributed by atoms with E-state index in [-0.39, 0.29) is 5.95 Å². The number of pyridine rings is 1. The van der Waals surface area contributed by atoms with Gasteiger partial charge in [-0.25, -0.2) is 4.98 Å². The molecule has 0 saturated carbocycles. The molecule has 1 N–H and O–H groups in total. The minimum absolute atomic E-state index is 0.0489. The minimum Gasteiger partial charge on any atom is -0.480 e. The van der Waals surface area contributed by atoms with Crippen LogP contribution in [0.3, 0.4) is 0 Å². The van der Waals surface area contributed by atoms with Gasteiger partial charge in [-0.3, -0.25) is 0 Å². The maximum absolute atomic E-state index is 9.40. The van der Waals surface area contributed by atoms with E-state index in [0.717, 1.165) is 43.7 Å². The van der Waals surface area contributed by atoms with Gasteiger partial charge in [0.15, 0.2) is 0 Å². The number of fused-ring (bicyclic) bond motifs is 1. The molecule has 0 fully saturated rings. The Kier molecular flexibility index (Phi) is 4.20. The van der Waals surface area contributed by atoms with Gasteiger partial charge in [-0.05, 0) is 44.6 Å². The highest BCUT2D eigenvalue weighted by Gasteiger charge is 2.06. The van der Waals surface area contributed by atoms with E-state index in [1.807, 2.05) is 12.1 Å². The summed E-state index contributed by atoms with van der Waals surface area (Å²) in [5.41, 5.74) is 1.78. The maximum Gasteiger partial charge on any atom is 0.291 e. The summed E-state index contributed by atoms with van der Waals surface area (Å²) in [6, 6.07) is 3.83. The van der Waals surface area contributed by atoms with Crippen LogP contribution in [0.4, 0.5) is 0 Å². The predicted octanol–water partition coefficient (Wildman–Crippen LogP) is 2.81. The second kappa shape index (κ2) is 5.87. The first-order chi connectivity index (χ1) is 8.74. The number of aryl methyl sites for hydroxylation is 1. The minimum atomic E-state index is -0.0489. The Bertz CT molecular complexity index is 503. The van der Waals surface area contributed by atoms with Gasteiger partial charge in [0.2, 0.25) is 0 Å². The Hall–Kier alpha value is -1.55. The molecule has 0 aliphatic heterocycles. The van der Waals surface area contributed by atoms with E-state index in [1.54, 1.807) is 0 Å². The number of hydrogen-bond acceptors (Lipinski definition) is 4. The topological polar surface area (TPSA) is 49.5 Å². The van der Waals surface area contributed by atoms with Gasteiger partial charge in [0.25, 0.3) is 5.95 Å². The van der Waals surface area contributed by atoms with Crippen molar-refractivity contribution >= 4 is 10.9 Å². The molecule has 0 atom stereocenters. The molecule has 0 aliphatic rings. The van der Waals surface area contributed by atoms with Crippen LogP contribution in [0.5, 0.6) is 5.95 Å². The first kappa shape index (κ1) is 12.9. The molecule has 2 heterocycles. The van der Waals surface area contributed by atoms with E-state index in [2.05, 4.69) is 23.7 Å². The monoisotopic (exact) mass is 248 g/mol. The Labute approximate surface area is 107 Å². The number of nitrogens with zero attached hydrogens (tertiary/aromatic N) is 2. The first-order valence-electron chi connectivity index (χ1n) is 6.53. The number of aromatic nitrogens is 1. The van der Waals surface area contributed by atoms with Crippen LogP contribution in [0, 0.1) is 0 Å². The van der Waals surface area contributed by atoms with Gasteiger partial charge < -0.3 is 14.4 Å². The normalized spacial score (nSPS) is 11.5. The molecule has 0 aromatic carbocycles. The number of aromatic hydroxyl groups is 1. The summed E-state index contributed by atoms with van der Waals surface area (Å²) in [5.74, 6) is -0.0489. The third-order valence-electron chi connectivity index (χ3n) is 3.30. The van der Waals surface area contributed by atoms with Crippen molar-refractivity contribution in [2.45, 2.75) is 26.7 Å². The van der Waals surface area contributed by atoms with E-state index in [9.17, 15) is 5.11 Å². The summed E-state index contributed by atoms with van der Waals surface area (Å²) in [4.78, 5) is 6.88. The molecule has 98 valence electrons. The fraction of sp³-hybridized carbons (Fsp3) is 0.500. The molecule has 4 nitrogen and oxygen atoms in total. The molecular weight excluding hydrogens is 228 g/mol. The van der Waals surface area contributed by atoms with Crippen molar-refractivity contribution in [2.24, 2.45) is 0 Å². The maximum atomic E-state index is 9.40. The third kappa shape index (κ3) is 2.82. The van der Waals surface area contributed by atoms with Crippen LogP contribution in [0.25, 0.3) is 10.9 Å². The van der Waals surface area contributed by atoms with Crippen molar-refractivity contribution in [2.75, 3.05) is 19.6 Å². The van der Waals surface area contributed by atoms with Crippen LogP contribution in [0.2, 0.25) is 0 Å². The molecule has 0 spiro atoms. The molecule has 0 saturated heterocycles. The molecular formula is C14H20N2O2. The summed E-state index contributed by atoms with van der Waals surface area (Å²) in [5, 5.41) is 10.1. The molecule has 0 aliphatic carbocycles. The van der Waals surface area contributed by atoms with Crippen molar-refractivity contribution < 1.29 is 9.52 Å². The van der Waals surface area contributed by atoms with Gasteiger partial charge in [0, 0.05) is 5.69 Å². The van der Waals surface area contributed by atoms with Crippen molar-refractivity contribution in [1.82, 2.24) is 9.88 Å². The summed E-state index contributed by atoms with van der Waals surface area (Å²) < 4.78 is 4.93. The zero-order chi connectivity index (χ0) is 13.0. The summed E-state index contributed by atoms with van der Waals surface area (Å²) in [6.45, 7) is 7.66. The highest BCUT2D eigenvalue weighted by atomic mass is 16.5. The van der Waals surface area contributed by atoms with Crippen molar-refractivity contribution in [3.63, 3.8) is 0 Å². The van der Waals surface area contributed by atoms with Gasteiger partial charge in [0.05, 0.1) is 5.39 Å². The first-order valence-corrected chi connectivity index (χ1v) is 6.53. The largest absolute Gasteiger partial charge is 0.480 e. The third-order valence-corrected chi connectivity index (χ3v) is 3.30. The lowest BCUT2D eigenvalue weighted by Gasteiger charge is -2.17. The van der Waals surface area contributed by atoms with Gasteiger partial charge in [-0.2, -0.15) is 0 Å². The highest BCUT2D eigenvalue weighted by Crippen LogP contribution is 2.25. The van der Waals surface area contributed by atoms with Crippen LogP contribution >= 0.6 is 0 Å². The summed E-state index contributed by atoms with van der Waals surface area (Å²) >= 11 is 0. The second-order valence-corrected chi connectivity index (χ2v) is 4.41. The van der Waals surface area contributed by atoms with Crippen molar-refractivity contribution in [1.29, 1.82) is 0 Å². The summed E-state index contributed by atoms with van der Waals surface area (Å²) in [7, 11) is 0. The molecule has 18 heavy (non-hydrogen) atoms. The molecule has 2 aromatic rings. The van der Waals surface area contributed by atoms with Crippen LogP contribution in [-0.4, -0.2) is 34.6 Å². The summed E-state index contributed by atoms with van der Waals surface area (Å²) in [6.07, 6.45) is 3.56. The van der Waals surface area contributed by atoms with E-state index in [1.165, 1.54) is 6.26 Å². The van der Waals surface area contributed by atoms with Crippen molar-refractivity contribution in [3.8, 4) is 5.95 Å². The van der Waals surface area contributed by atoms with Crippen LogP contribution in [-0.2, 0) is 6.42 Å². The van der Waals surface area contributed by atoms with E-state index >= 15 is 0 Å². The lowest BCUT2D eigenvalue weighted by Crippen LogP contribution is -2.24. The molecule has 2 aromatic heterocycles. The highest BCUT2D eigenvalue weighted by molar-refractivity contribution is 5.82. The van der Waals surface area contributed by atoms with E-state index in [0.29, 0.717) is 5.39 Å². The Morgan fingerprint density at radius 1 is 1.28 bits per heavy atom. The van der Waals surface area contributed by atoms with E-state index in [4.69, 9.17) is 4.42 Å².